The van der Waals surface area contributed by atoms with E-state index >= 15 is 0 Å². The van der Waals surface area contributed by atoms with Gasteiger partial charge in [-0.05, 0) is 82.3 Å². The van der Waals surface area contributed by atoms with E-state index < -0.39 is 51.1 Å². The molecule has 0 spiro atoms. The van der Waals surface area contributed by atoms with Gasteiger partial charge in [0.25, 0.3) is 10.6 Å². The number of benzene rings is 2. The van der Waals surface area contributed by atoms with Gasteiger partial charge in [0, 0.05) is 36.1 Å². The highest BCUT2D eigenvalue weighted by Crippen LogP contribution is 2.29. The van der Waals surface area contributed by atoms with Gasteiger partial charge in [0.1, 0.15) is 5.60 Å². The maximum Gasteiger partial charge on any atom is 0.407 e. The highest BCUT2D eigenvalue weighted by Gasteiger charge is 2.35. The molecule has 0 aliphatic carbocycles. The van der Waals surface area contributed by atoms with Crippen LogP contribution in [-0.2, 0) is 37.5 Å². The fraction of sp³-hybridized carbons (Fsp3) is 0.433. The number of aromatic nitrogens is 1. The van der Waals surface area contributed by atoms with E-state index in [9.17, 15) is 32.9 Å². The summed E-state index contributed by atoms with van der Waals surface area (Å²) in [6.07, 6.45) is 2.19. The van der Waals surface area contributed by atoms with Crippen molar-refractivity contribution in [1.29, 1.82) is 0 Å². The second kappa shape index (κ2) is 13.6. The van der Waals surface area contributed by atoms with Crippen molar-refractivity contribution in [2.75, 3.05) is 19.7 Å². The average molecular weight is 645 g/mol. The topological polar surface area (TPSA) is 176 Å². The number of fused-ring (bicyclic) bond motifs is 1. The number of pyridine rings is 1. The molecule has 1 saturated heterocycles. The van der Waals surface area contributed by atoms with Gasteiger partial charge in [-0.1, -0.05) is 18.2 Å². The van der Waals surface area contributed by atoms with Crippen LogP contribution in [0, 0.1) is 17.0 Å². The lowest BCUT2D eigenvalue weighted by Gasteiger charge is -2.22. The van der Waals surface area contributed by atoms with Gasteiger partial charge in [0.2, 0.25) is 10.0 Å². The number of nitrogens with one attached hydrogen (secondary N) is 1. The van der Waals surface area contributed by atoms with Crippen LogP contribution < -0.4 is 10.9 Å². The molecule has 15 heteroatoms. The van der Waals surface area contributed by atoms with Crippen LogP contribution >= 0.6 is 0 Å². The number of hydrogen-bond donors (Lipinski definition) is 1. The fourth-order valence-corrected chi connectivity index (χ4v) is 6.83. The van der Waals surface area contributed by atoms with Crippen molar-refractivity contribution in [3.8, 4) is 0 Å². The smallest absolute Gasteiger partial charge is 0.407 e. The summed E-state index contributed by atoms with van der Waals surface area (Å²) in [5.74, 6) is -0.664. The number of rotatable bonds is 11. The first-order chi connectivity index (χ1) is 21.2. The number of alkyl carbamates (subject to hydrolysis) is 1. The summed E-state index contributed by atoms with van der Waals surface area (Å²) < 4.78 is 40.6. The molecule has 1 aliphatic heterocycles. The van der Waals surface area contributed by atoms with Gasteiger partial charge in [0.15, 0.2) is 6.73 Å². The van der Waals surface area contributed by atoms with Gasteiger partial charge in [0.05, 0.1) is 17.1 Å². The molecule has 0 bridgehead atoms. The van der Waals surface area contributed by atoms with Gasteiger partial charge < -0.3 is 19.6 Å². The monoisotopic (exact) mass is 644 g/mol. The minimum atomic E-state index is -4.03. The predicted molar refractivity (Wildman–Crippen MR) is 163 cm³/mol. The Kier molecular flexibility index (Phi) is 10.1. The van der Waals surface area contributed by atoms with Crippen LogP contribution in [0.1, 0.15) is 55.1 Å². The van der Waals surface area contributed by atoms with Crippen LogP contribution in [0.5, 0.6) is 0 Å². The Morgan fingerprint density at radius 3 is 2.51 bits per heavy atom. The predicted octanol–water partition coefficient (Wildman–Crippen LogP) is 3.55. The lowest BCUT2D eigenvalue weighted by atomic mass is 10.1. The van der Waals surface area contributed by atoms with E-state index in [1.54, 1.807) is 52.0 Å². The Labute approximate surface area is 260 Å². The number of amides is 1. The SMILES string of the molecule is Cc1cn(COC(=O)c2ccc(CCCO[N+](=O)[O-])cc2)c(=O)c2cccc(S(=O)(=O)N3CC[C@H](NC(=O)OC(C)(C)C)C3)c12. The summed E-state index contributed by atoms with van der Waals surface area (Å²) in [5.41, 5.74) is 0.386. The molecule has 0 saturated carbocycles. The van der Waals surface area contributed by atoms with Crippen LogP contribution in [0.4, 0.5) is 4.79 Å². The zero-order chi connectivity index (χ0) is 32.9. The lowest BCUT2D eigenvalue weighted by molar-refractivity contribution is -0.757. The number of nitrogens with zero attached hydrogens (tertiary/aromatic N) is 3. The number of carbonyl (C=O) groups is 2. The summed E-state index contributed by atoms with van der Waals surface area (Å²) in [6, 6.07) is 10.6. The Hall–Kier alpha value is -4.50. The van der Waals surface area contributed by atoms with E-state index in [0.29, 0.717) is 24.8 Å². The first kappa shape index (κ1) is 33.4. The molecule has 3 aromatic rings. The molecule has 242 valence electrons. The quantitative estimate of drug-likeness (QED) is 0.141. The second-order valence-electron chi connectivity index (χ2n) is 11.7. The third kappa shape index (κ3) is 8.36. The van der Waals surface area contributed by atoms with Crippen LogP contribution in [-0.4, -0.2) is 65.8 Å². The molecule has 1 fully saturated rings. The number of aryl methyl sites for hydroxylation is 2. The zero-order valence-corrected chi connectivity index (χ0v) is 26.3. The van der Waals surface area contributed by atoms with Crippen LogP contribution in [0.15, 0.2) is 58.4 Å². The summed E-state index contributed by atoms with van der Waals surface area (Å²) >= 11 is 0. The Bertz CT molecular complexity index is 1750. The minimum absolute atomic E-state index is 0.0262. The standard InChI is InChI=1S/C30H36N4O10S/c1-20-17-32(19-42-28(36)22-12-10-21(11-13-22)7-6-16-43-34(38)39)27(35)24-8-5-9-25(26(20)24)45(40,41)33-15-14-23(18-33)31-29(37)44-30(2,3)4/h5,8-13,17,23H,6-7,14-16,18-19H2,1-4H3,(H,31,37)/t23-/m0/s1. The van der Waals surface area contributed by atoms with Crippen molar-refractivity contribution >= 4 is 32.9 Å². The van der Waals surface area contributed by atoms with E-state index in [-0.39, 0.29) is 40.9 Å². The average Bonchev–Trinajstić information content (AvgIpc) is 3.44. The third-order valence-electron chi connectivity index (χ3n) is 7.08. The normalized spacial score (nSPS) is 15.5. The summed E-state index contributed by atoms with van der Waals surface area (Å²) in [6.45, 7) is 6.71. The third-order valence-corrected chi connectivity index (χ3v) is 8.99. The fourth-order valence-electron chi connectivity index (χ4n) is 5.05. The Morgan fingerprint density at radius 1 is 1.13 bits per heavy atom. The molecule has 4 rings (SSSR count). The lowest BCUT2D eigenvalue weighted by Crippen LogP contribution is -2.41. The number of hydrogen-bond acceptors (Lipinski definition) is 10. The van der Waals surface area contributed by atoms with Crippen molar-refractivity contribution in [3.05, 3.63) is 85.8 Å². The van der Waals surface area contributed by atoms with E-state index in [4.69, 9.17) is 9.47 Å². The number of carbonyl (C=O) groups excluding carboxylic acids is 2. The van der Waals surface area contributed by atoms with Crippen molar-refractivity contribution in [1.82, 2.24) is 14.2 Å². The molecule has 14 nitrogen and oxygen atoms in total. The van der Waals surface area contributed by atoms with E-state index in [1.807, 2.05) is 0 Å². The zero-order valence-electron chi connectivity index (χ0n) is 25.5. The maximum atomic E-state index is 13.7. The van der Waals surface area contributed by atoms with Crippen molar-refractivity contribution < 1.29 is 37.4 Å². The summed E-state index contributed by atoms with van der Waals surface area (Å²) in [5, 5.41) is 12.5. The van der Waals surface area contributed by atoms with Crippen LogP contribution in [0.2, 0.25) is 0 Å². The Morgan fingerprint density at radius 2 is 1.84 bits per heavy atom. The molecule has 45 heavy (non-hydrogen) atoms. The van der Waals surface area contributed by atoms with Gasteiger partial charge >= 0.3 is 12.1 Å². The molecular formula is C30H36N4O10S. The first-order valence-corrected chi connectivity index (χ1v) is 15.8. The summed E-state index contributed by atoms with van der Waals surface area (Å²) in [7, 11) is -4.03. The molecule has 0 unspecified atom stereocenters. The highest BCUT2D eigenvalue weighted by molar-refractivity contribution is 7.89. The molecule has 1 amide bonds. The molecule has 1 atom stereocenters. The van der Waals surface area contributed by atoms with E-state index in [2.05, 4.69) is 10.2 Å². The van der Waals surface area contributed by atoms with E-state index in [1.165, 1.54) is 33.3 Å². The first-order valence-electron chi connectivity index (χ1n) is 14.3. The van der Waals surface area contributed by atoms with Crippen LogP contribution in [0.25, 0.3) is 10.8 Å². The van der Waals surface area contributed by atoms with Gasteiger partial charge in [-0.15, -0.1) is 10.1 Å². The minimum Gasteiger partial charge on any atom is -0.444 e. The molecular weight excluding hydrogens is 608 g/mol. The largest absolute Gasteiger partial charge is 0.444 e. The van der Waals surface area contributed by atoms with Crippen molar-refractivity contribution in [2.45, 2.75) is 70.2 Å². The van der Waals surface area contributed by atoms with Gasteiger partial charge in [-0.2, -0.15) is 4.31 Å². The molecule has 2 aromatic carbocycles. The maximum absolute atomic E-state index is 13.7. The number of esters is 1. The number of sulfonamides is 1. The molecule has 1 aromatic heterocycles. The molecule has 1 N–H and O–H groups in total. The van der Waals surface area contributed by atoms with Gasteiger partial charge in [-0.3, -0.25) is 9.36 Å². The molecule has 2 heterocycles. The number of ether oxygens (including phenoxy) is 2. The molecule has 1 aliphatic rings. The van der Waals surface area contributed by atoms with Gasteiger partial charge in [-0.25, -0.2) is 18.0 Å². The van der Waals surface area contributed by atoms with Crippen molar-refractivity contribution in [3.63, 3.8) is 0 Å². The molecule has 0 radical (unpaired) electrons. The van der Waals surface area contributed by atoms with E-state index in [0.717, 1.165) is 5.56 Å². The second-order valence-corrected chi connectivity index (χ2v) is 13.6. The van der Waals surface area contributed by atoms with Crippen LogP contribution in [0.3, 0.4) is 0 Å². The van der Waals surface area contributed by atoms with Crippen molar-refractivity contribution in [2.24, 2.45) is 0 Å². The highest BCUT2D eigenvalue weighted by atomic mass is 32.2. The Balaban J connectivity index is 1.45. The summed E-state index contributed by atoms with van der Waals surface area (Å²) in [4.78, 5) is 52.7.